The largest absolute Gasteiger partial charge is 0.350 e. The summed E-state index contributed by atoms with van der Waals surface area (Å²) in [4.78, 5) is 12.5. The van der Waals surface area contributed by atoms with Crippen LogP contribution < -0.4 is 21.3 Å². The molecule has 0 saturated carbocycles. The zero-order valence-corrected chi connectivity index (χ0v) is 19.6. The van der Waals surface area contributed by atoms with Crippen LogP contribution in [0.15, 0.2) is 12.2 Å². The second-order valence-corrected chi connectivity index (χ2v) is 11.8. The van der Waals surface area contributed by atoms with E-state index in [1.807, 2.05) is 6.08 Å². The number of amides is 1. The topological polar surface area (TPSA) is 65.2 Å². The molecule has 0 aromatic carbocycles. The molecule has 0 bridgehead atoms. The summed E-state index contributed by atoms with van der Waals surface area (Å²) in [7, 11) is 0. The summed E-state index contributed by atoms with van der Waals surface area (Å²) in [6, 6.07) is 0.819. The number of carbonyl (C=O) groups is 1. The Bertz CT molecular complexity index is 559. The van der Waals surface area contributed by atoms with Gasteiger partial charge in [-0.3, -0.25) is 4.79 Å². The highest BCUT2D eigenvalue weighted by Gasteiger charge is 2.39. The predicted octanol–water partition coefficient (Wildman–Crippen LogP) is 3.26. The SMILES string of the molecule is CC(C=CC(=O)NC1CC(C)(C)NC(C)(C)C1)NC1CC(C)(C)NC(C)(C)C1. The molecule has 5 nitrogen and oxygen atoms in total. The summed E-state index contributed by atoms with van der Waals surface area (Å²) in [6.45, 7) is 20.0. The first-order chi connectivity index (χ1) is 12.6. The fraction of sp³-hybridized carbons (Fsp3) is 0.870. The van der Waals surface area contributed by atoms with Gasteiger partial charge in [0.1, 0.15) is 0 Å². The lowest BCUT2D eigenvalue weighted by Gasteiger charge is -2.47. The first kappa shape index (κ1) is 23.4. The van der Waals surface area contributed by atoms with Crippen molar-refractivity contribution in [3.63, 3.8) is 0 Å². The highest BCUT2D eigenvalue weighted by atomic mass is 16.1. The normalized spacial score (nSPS) is 28.2. The third-order valence-electron chi connectivity index (χ3n) is 5.76. The Morgan fingerprint density at radius 1 is 0.821 bits per heavy atom. The van der Waals surface area contributed by atoms with Gasteiger partial charge in [-0.25, -0.2) is 0 Å². The van der Waals surface area contributed by atoms with Crippen LogP contribution in [0.25, 0.3) is 0 Å². The minimum Gasteiger partial charge on any atom is -0.350 e. The Kier molecular flexibility index (Phi) is 6.74. The lowest BCUT2D eigenvalue weighted by Crippen LogP contribution is -2.62. The summed E-state index contributed by atoms with van der Waals surface area (Å²) in [5.74, 6) is 0.0121. The second-order valence-electron chi connectivity index (χ2n) is 11.8. The standard InChI is InChI=1S/C23H44N4O/c1-16(24-17-12-20(2,3)26-21(4,5)13-17)10-11-19(28)25-18-14-22(6,7)27-23(8,9)15-18/h10-11,16-18,24,26-27H,12-15H2,1-9H3,(H,25,28). The fourth-order valence-corrected chi connectivity index (χ4v) is 5.77. The molecule has 1 atom stereocenters. The quantitative estimate of drug-likeness (QED) is 0.542. The number of hydrogen-bond acceptors (Lipinski definition) is 4. The number of nitrogens with one attached hydrogen (secondary N) is 4. The van der Waals surface area contributed by atoms with Gasteiger partial charge < -0.3 is 21.3 Å². The zero-order valence-electron chi connectivity index (χ0n) is 19.6. The number of carbonyl (C=O) groups excluding carboxylic acids is 1. The van der Waals surface area contributed by atoms with Gasteiger partial charge in [0, 0.05) is 46.4 Å². The van der Waals surface area contributed by atoms with Crippen LogP contribution in [-0.4, -0.2) is 46.2 Å². The lowest BCUT2D eigenvalue weighted by atomic mass is 9.79. The van der Waals surface area contributed by atoms with Crippen molar-refractivity contribution in [3.05, 3.63) is 12.2 Å². The molecule has 0 radical (unpaired) electrons. The van der Waals surface area contributed by atoms with Crippen molar-refractivity contribution in [2.75, 3.05) is 0 Å². The molecular weight excluding hydrogens is 348 g/mol. The maximum Gasteiger partial charge on any atom is 0.243 e. The van der Waals surface area contributed by atoms with Crippen LogP contribution in [0.2, 0.25) is 0 Å². The Morgan fingerprint density at radius 2 is 1.21 bits per heavy atom. The van der Waals surface area contributed by atoms with E-state index in [9.17, 15) is 4.79 Å². The van der Waals surface area contributed by atoms with Crippen molar-refractivity contribution in [2.45, 2.75) is 128 Å². The van der Waals surface area contributed by atoms with E-state index in [1.54, 1.807) is 6.08 Å². The molecule has 2 rings (SSSR count). The molecular formula is C23H44N4O. The molecule has 2 fully saturated rings. The third-order valence-corrected chi connectivity index (χ3v) is 5.76. The molecule has 0 aromatic heterocycles. The zero-order chi connectivity index (χ0) is 21.4. The summed E-state index contributed by atoms with van der Waals surface area (Å²) in [6.07, 6.45) is 7.76. The van der Waals surface area contributed by atoms with Crippen LogP contribution in [0.1, 0.15) is 88.0 Å². The maximum atomic E-state index is 12.5. The van der Waals surface area contributed by atoms with Crippen LogP contribution in [0.5, 0.6) is 0 Å². The second kappa shape index (κ2) is 8.08. The van der Waals surface area contributed by atoms with E-state index >= 15 is 0 Å². The van der Waals surface area contributed by atoms with E-state index in [-0.39, 0.29) is 40.1 Å². The highest BCUT2D eigenvalue weighted by Crippen LogP contribution is 2.29. The first-order valence-electron chi connectivity index (χ1n) is 10.9. The van der Waals surface area contributed by atoms with Crippen LogP contribution in [-0.2, 0) is 4.79 Å². The van der Waals surface area contributed by atoms with Crippen LogP contribution in [0, 0.1) is 0 Å². The Morgan fingerprint density at radius 3 is 1.64 bits per heavy atom. The van der Waals surface area contributed by atoms with Crippen LogP contribution >= 0.6 is 0 Å². The van der Waals surface area contributed by atoms with Gasteiger partial charge in [-0.05, 0) is 88.0 Å². The van der Waals surface area contributed by atoms with Gasteiger partial charge in [0.2, 0.25) is 5.91 Å². The Labute approximate surface area is 172 Å². The van der Waals surface area contributed by atoms with E-state index < -0.39 is 0 Å². The van der Waals surface area contributed by atoms with Gasteiger partial charge in [-0.15, -0.1) is 0 Å². The smallest absolute Gasteiger partial charge is 0.243 e. The highest BCUT2D eigenvalue weighted by molar-refractivity contribution is 5.87. The molecule has 2 aliphatic heterocycles. The van der Waals surface area contributed by atoms with Gasteiger partial charge in [0.15, 0.2) is 0 Å². The molecule has 0 aliphatic carbocycles. The lowest BCUT2D eigenvalue weighted by molar-refractivity contribution is -0.117. The van der Waals surface area contributed by atoms with Crippen molar-refractivity contribution in [1.82, 2.24) is 21.3 Å². The number of rotatable bonds is 5. The summed E-state index contributed by atoms with van der Waals surface area (Å²) < 4.78 is 0. The van der Waals surface area contributed by atoms with E-state index in [4.69, 9.17) is 0 Å². The van der Waals surface area contributed by atoms with E-state index in [1.165, 1.54) is 0 Å². The molecule has 1 unspecified atom stereocenters. The third kappa shape index (κ3) is 7.49. The van der Waals surface area contributed by atoms with Gasteiger partial charge in [-0.1, -0.05) is 6.08 Å². The molecule has 162 valence electrons. The molecule has 2 heterocycles. The molecule has 5 heteroatoms. The van der Waals surface area contributed by atoms with Gasteiger partial charge in [0.25, 0.3) is 0 Å². The summed E-state index contributed by atoms with van der Waals surface area (Å²) in [5.41, 5.74) is 0.309. The van der Waals surface area contributed by atoms with Crippen molar-refractivity contribution in [2.24, 2.45) is 0 Å². The van der Waals surface area contributed by atoms with Crippen LogP contribution in [0.4, 0.5) is 0 Å². The minimum absolute atomic E-state index is 0.0121. The van der Waals surface area contributed by atoms with Crippen molar-refractivity contribution >= 4 is 5.91 Å². The van der Waals surface area contributed by atoms with E-state index in [0.717, 1.165) is 25.7 Å². The van der Waals surface area contributed by atoms with E-state index in [0.29, 0.717) is 6.04 Å². The minimum atomic E-state index is 0.0121. The maximum absolute atomic E-state index is 12.5. The van der Waals surface area contributed by atoms with Gasteiger partial charge >= 0.3 is 0 Å². The Balaban J connectivity index is 1.86. The molecule has 2 aliphatic rings. The van der Waals surface area contributed by atoms with Crippen molar-refractivity contribution < 1.29 is 4.79 Å². The molecule has 0 aromatic rings. The molecule has 1 amide bonds. The van der Waals surface area contributed by atoms with Crippen molar-refractivity contribution in [3.8, 4) is 0 Å². The molecule has 2 saturated heterocycles. The molecule has 28 heavy (non-hydrogen) atoms. The van der Waals surface area contributed by atoms with Gasteiger partial charge in [-0.2, -0.15) is 0 Å². The molecule has 0 spiro atoms. The fourth-order valence-electron chi connectivity index (χ4n) is 5.77. The average Bonchev–Trinajstić information content (AvgIpc) is 2.37. The number of piperidine rings is 2. The van der Waals surface area contributed by atoms with E-state index in [2.05, 4.69) is 83.6 Å². The average molecular weight is 393 g/mol. The summed E-state index contributed by atoms with van der Waals surface area (Å²) in [5, 5.41) is 14.3. The van der Waals surface area contributed by atoms with Crippen LogP contribution in [0.3, 0.4) is 0 Å². The van der Waals surface area contributed by atoms with Gasteiger partial charge in [0.05, 0.1) is 0 Å². The predicted molar refractivity (Wildman–Crippen MR) is 119 cm³/mol. The summed E-state index contributed by atoms with van der Waals surface area (Å²) >= 11 is 0. The Hall–Kier alpha value is -0.910. The number of hydrogen-bond donors (Lipinski definition) is 4. The van der Waals surface area contributed by atoms with Crippen molar-refractivity contribution in [1.29, 1.82) is 0 Å². The first-order valence-corrected chi connectivity index (χ1v) is 10.9. The monoisotopic (exact) mass is 392 g/mol. The molecule has 4 N–H and O–H groups in total.